The number of H-pyrrole nitrogens is 1. The minimum atomic E-state index is -0.491. The van der Waals surface area contributed by atoms with Crippen molar-refractivity contribution in [2.75, 3.05) is 13.7 Å². The van der Waals surface area contributed by atoms with Gasteiger partial charge in [-0.15, -0.1) is 10.2 Å². The van der Waals surface area contributed by atoms with E-state index in [1.807, 2.05) is 24.3 Å². The molecular formula is C12H14ClN5O2. The van der Waals surface area contributed by atoms with Gasteiger partial charge < -0.3 is 10.1 Å². The summed E-state index contributed by atoms with van der Waals surface area (Å²) in [6.45, 7) is 0.168. The van der Waals surface area contributed by atoms with Gasteiger partial charge in [0.2, 0.25) is 0 Å². The van der Waals surface area contributed by atoms with Gasteiger partial charge in [0.25, 0.3) is 0 Å². The van der Waals surface area contributed by atoms with E-state index in [4.69, 9.17) is 16.3 Å². The van der Waals surface area contributed by atoms with Gasteiger partial charge >= 0.3 is 6.09 Å². The summed E-state index contributed by atoms with van der Waals surface area (Å²) in [6, 6.07) is 7.44. The van der Waals surface area contributed by atoms with Gasteiger partial charge in [-0.05, 0) is 24.1 Å². The van der Waals surface area contributed by atoms with Crippen LogP contribution in [0.25, 0.3) is 0 Å². The minimum Gasteiger partial charge on any atom is -0.449 e. The van der Waals surface area contributed by atoms with E-state index >= 15 is 0 Å². The third-order valence-electron chi connectivity index (χ3n) is 2.74. The first-order valence-corrected chi connectivity index (χ1v) is 6.39. The number of hydrogen-bond donors (Lipinski definition) is 2. The van der Waals surface area contributed by atoms with E-state index in [1.165, 1.54) is 7.05 Å². The molecule has 1 atom stereocenters. The Morgan fingerprint density at radius 2 is 2.20 bits per heavy atom. The smallest absolute Gasteiger partial charge is 0.406 e. The first-order chi connectivity index (χ1) is 9.69. The molecule has 0 aliphatic rings. The maximum Gasteiger partial charge on any atom is 0.406 e. The SMILES string of the molecule is CNC(=O)OCC(Cc1ccc(Cl)cc1)c1nn[nH]n1. The van der Waals surface area contributed by atoms with Crippen molar-refractivity contribution in [2.24, 2.45) is 0 Å². The van der Waals surface area contributed by atoms with Gasteiger partial charge in [-0.1, -0.05) is 28.9 Å². The fourth-order valence-corrected chi connectivity index (χ4v) is 1.85. The summed E-state index contributed by atoms with van der Waals surface area (Å²) in [7, 11) is 1.50. The predicted molar refractivity (Wildman–Crippen MR) is 72.5 cm³/mol. The Bertz CT molecular complexity index is 543. The normalized spacial score (nSPS) is 11.9. The van der Waals surface area contributed by atoms with E-state index < -0.39 is 6.09 Å². The lowest BCUT2D eigenvalue weighted by atomic mass is 9.99. The summed E-state index contributed by atoms with van der Waals surface area (Å²) >= 11 is 5.85. The number of tetrazole rings is 1. The first-order valence-electron chi connectivity index (χ1n) is 6.01. The molecule has 1 aromatic heterocycles. The maximum absolute atomic E-state index is 11.2. The third-order valence-corrected chi connectivity index (χ3v) is 2.99. The van der Waals surface area contributed by atoms with E-state index in [-0.39, 0.29) is 12.5 Å². The summed E-state index contributed by atoms with van der Waals surface area (Å²) in [5.74, 6) is 0.330. The zero-order valence-corrected chi connectivity index (χ0v) is 11.6. The summed E-state index contributed by atoms with van der Waals surface area (Å²) < 4.78 is 5.08. The molecule has 8 heteroatoms. The fourth-order valence-electron chi connectivity index (χ4n) is 1.72. The number of nitrogens with zero attached hydrogens (tertiary/aromatic N) is 3. The lowest BCUT2D eigenvalue weighted by Crippen LogP contribution is -2.23. The van der Waals surface area contributed by atoms with E-state index in [9.17, 15) is 4.79 Å². The van der Waals surface area contributed by atoms with Crippen molar-refractivity contribution in [3.63, 3.8) is 0 Å². The number of halogens is 1. The van der Waals surface area contributed by atoms with Crippen LogP contribution >= 0.6 is 11.6 Å². The molecule has 1 heterocycles. The zero-order valence-electron chi connectivity index (χ0n) is 10.8. The number of carbonyl (C=O) groups is 1. The van der Waals surface area contributed by atoms with Crippen molar-refractivity contribution in [3.8, 4) is 0 Å². The van der Waals surface area contributed by atoms with Crippen LogP contribution in [0.4, 0.5) is 4.79 Å². The summed E-state index contributed by atoms with van der Waals surface area (Å²) in [6.07, 6.45) is 0.128. The Morgan fingerprint density at radius 1 is 1.45 bits per heavy atom. The molecule has 2 rings (SSSR count). The molecular weight excluding hydrogens is 282 g/mol. The molecule has 1 aromatic carbocycles. The van der Waals surface area contributed by atoms with E-state index in [0.717, 1.165) is 5.56 Å². The van der Waals surface area contributed by atoms with Crippen molar-refractivity contribution in [1.29, 1.82) is 0 Å². The molecule has 20 heavy (non-hydrogen) atoms. The lowest BCUT2D eigenvalue weighted by molar-refractivity contribution is 0.139. The number of benzene rings is 1. The van der Waals surface area contributed by atoms with E-state index in [1.54, 1.807) is 0 Å². The average Bonchev–Trinajstić information content (AvgIpc) is 2.99. The highest BCUT2D eigenvalue weighted by Crippen LogP contribution is 2.19. The van der Waals surface area contributed by atoms with Crippen LogP contribution in [-0.2, 0) is 11.2 Å². The molecule has 106 valence electrons. The molecule has 0 saturated heterocycles. The second kappa shape index (κ2) is 6.85. The van der Waals surface area contributed by atoms with Crippen LogP contribution in [0.5, 0.6) is 0 Å². The number of carbonyl (C=O) groups excluding carboxylic acids is 1. The molecule has 0 aliphatic carbocycles. The predicted octanol–water partition coefficient (Wildman–Crippen LogP) is 1.54. The number of nitrogens with one attached hydrogen (secondary N) is 2. The van der Waals surface area contributed by atoms with Crippen LogP contribution in [0.15, 0.2) is 24.3 Å². The van der Waals surface area contributed by atoms with Crippen molar-refractivity contribution in [1.82, 2.24) is 25.9 Å². The average molecular weight is 296 g/mol. The lowest BCUT2D eigenvalue weighted by Gasteiger charge is -2.13. The molecule has 1 amide bonds. The Kier molecular flexibility index (Phi) is 4.89. The summed E-state index contributed by atoms with van der Waals surface area (Å²) in [5.41, 5.74) is 1.05. The van der Waals surface area contributed by atoms with Crippen LogP contribution < -0.4 is 5.32 Å². The molecule has 0 bridgehead atoms. The molecule has 2 N–H and O–H groups in total. The van der Waals surface area contributed by atoms with E-state index in [0.29, 0.717) is 17.3 Å². The quantitative estimate of drug-likeness (QED) is 0.872. The Morgan fingerprint density at radius 3 is 2.80 bits per heavy atom. The highest BCUT2D eigenvalue weighted by atomic mass is 35.5. The van der Waals surface area contributed by atoms with Crippen LogP contribution in [0, 0.1) is 0 Å². The van der Waals surface area contributed by atoms with Gasteiger partial charge in [0.1, 0.15) is 6.61 Å². The largest absolute Gasteiger partial charge is 0.449 e. The van der Waals surface area contributed by atoms with Crippen LogP contribution in [0.2, 0.25) is 5.02 Å². The number of rotatable bonds is 5. The molecule has 2 aromatic rings. The van der Waals surface area contributed by atoms with E-state index in [2.05, 4.69) is 25.9 Å². The molecule has 0 saturated carbocycles. The van der Waals surface area contributed by atoms with Crippen molar-refractivity contribution in [2.45, 2.75) is 12.3 Å². The van der Waals surface area contributed by atoms with Crippen LogP contribution in [-0.4, -0.2) is 40.4 Å². The molecule has 7 nitrogen and oxygen atoms in total. The Balaban J connectivity index is 2.06. The fraction of sp³-hybridized carbons (Fsp3) is 0.333. The van der Waals surface area contributed by atoms with Crippen molar-refractivity contribution >= 4 is 17.7 Å². The van der Waals surface area contributed by atoms with Crippen LogP contribution in [0.1, 0.15) is 17.3 Å². The molecule has 1 unspecified atom stereocenters. The van der Waals surface area contributed by atoms with Crippen molar-refractivity contribution in [3.05, 3.63) is 40.7 Å². The number of ether oxygens (including phenoxy) is 1. The van der Waals surface area contributed by atoms with Gasteiger partial charge in [0.05, 0.1) is 5.92 Å². The number of aromatic amines is 1. The Labute approximate surface area is 120 Å². The number of aromatic nitrogens is 4. The van der Waals surface area contributed by atoms with Crippen LogP contribution in [0.3, 0.4) is 0 Å². The monoisotopic (exact) mass is 295 g/mol. The van der Waals surface area contributed by atoms with Gasteiger partial charge in [0, 0.05) is 12.1 Å². The van der Waals surface area contributed by atoms with Gasteiger partial charge in [-0.2, -0.15) is 5.21 Å². The highest BCUT2D eigenvalue weighted by Gasteiger charge is 2.19. The zero-order chi connectivity index (χ0) is 14.4. The van der Waals surface area contributed by atoms with Gasteiger partial charge in [0.15, 0.2) is 5.82 Å². The highest BCUT2D eigenvalue weighted by molar-refractivity contribution is 6.30. The molecule has 0 spiro atoms. The second-order valence-corrected chi connectivity index (χ2v) is 4.58. The molecule has 0 radical (unpaired) electrons. The molecule has 0 fully saturated rings. The van der Waals surface area contributed by atoms with Gasteiger partial charge in [-0.25, -0.2) is 4.79 Å². The summed E-state index contributed by atoms with van der Waals surface area (Å²) in [4.78, 5) is 11.2. The topological polar surface area (TPSA) is 92.8 Å². The second-order valence-electron chi connectivity index (χ2n) is 4.15. The Hall–Kier alpha value is -2.15. The van der Waals surface area contributed by atoms with Gasteiger partial charge in [-0.3, -0.25) is 0 Å². The number of alkyl carbamates (subject to hydrolysis) is 1. The maximum atomic E-state index is 11.2. The van der Waals surface area contributed by atoms with Crippen molar-refractivity contribution < 1.29 is 9.53 Å². The number of amides is 1. The summed E-state index contributed by atoms with van der Waals surface area (Å²) in [5, 5.41) is 16.9. The molecule has 0 aliphatic heterocycles. The number of hydrogen-bond acceptors (Lipinski definition) is 5. The third kappa shape index (κ3) is 3.92. The minimum absolute atomic E-state index is 0.168. The standard InChI is InChI=1S/C12H14ClN5O2/c1-14-12(19)20-7-9(11-15-17-18-16-11)6-8-2-4-10(13)5-3-8/h2-5,9H,6-7H2,1H3,(H,14,19)(H,15,16,17,18). The first kappa shape index (κ1) is 14.3.